The first-order valence-electron chi connectivity index (χ1n) is 6.74. The lowest BCUT2D eigenvalue weighted by molar-refractivity contribution is -0.146. The second kappa shape index (κ2) is 7.61. The van der Waals surface area contributed by atoms with Gasteiger partial charge in [-0.05, 0) is 30.3 Å². The number of nitrogens with zero attached hydrogens (tertiary/aromatic N) is 1. The number of hydrogen-bond donors (Lipinski definition) is 0. The monoisotopic (exact) mass is 317 g/mol. The number of rotatable bonds is 5. The quantitative estimate of drug-likeness (QED) is 0.617. The van der Waals surface area contributed by atoms with Crippen molar-refractivity contribution in [2.75, 3.05) is 13.2 Å². The smallest absolute Gasteiger partial charge is 0.326 e. The number of allylic oxidation sites excluding steroid dienone is 2. The molecule has 0 aliphatic carbocycles. The molecule has 1 fully saturated rings. The zero-order valence-corrected chi connectivity index (χ0v) is 12.8. The highest BCUT2D eigenvalue weighted by atomic mass is 32.2. The van der Waals surface area contributed by atoms with Crippen molar-refractivity contribution >= 4 is 35.0 Å². The fraction of sp³-hybridized carbons (Fsp3) is 0.188. The molecule has 2 amide bonds. The predicted octanol–water partition coefficient (Wildman–Crippen LogP) is 2.84. The minimum absolute atomic E-state index is 0.213. The van der Waals surface area contributed by atoms with Crippen molar-refractivity contribution < 1.29 is 19.1 Å². The van der Waals surface area contributed by atoms with E-state index in [1.54, 1.807) is 19.1 Å². The zero-order chi connectivity index (χ0) is 15.9. The van der Waals surface area contributed by atoms with Gasteiger partial charge in [0.15, 0.2) is 0 Å². The van der Waals surface area contributed by atoms with Crippen LogP contribution in [0, 0.1) is 0 Å². The molecule has 2 rings (SSSR count). The van der Waals surface area contributed by atoms with Crippen molar-refractivity contribution in [1.82, 2.24) is 4.90 Å². The number of esters is 1. The fourth-order valence-corrected chi connectivity index (χ4v) is 2.59. The number of hydrogen-bond acceptors (Lipinski definition) is 5. The maximum atomic E-state index is 12.1. The van der Waals surface area contributed by atoms with Crippen molar-refractivity contribution in [1.29, 1.82) is 0 Å². The Morgan fingerprint density at radius 1 is 1.27 bits per heavy atom. The van der Waals surface area contributed by atoms with E-state index in [-0.39, 0.29) is 13.2 Å². The van der Waals surface area contributed by atoms with Gasteiger partial charge in [-0.15, -0.1) is 0 Å². The highest BCUT2D eigenvalue weighted by Gasteiger charge is 2.36. The van der Waals surface area contributed by atoms with E-state index in [1.807, 2.05) is 36.4 Å². The molecule has 0 radical (unpaired) electrons. The molecule has 114 valence electrons. The lowest BCUT2D eigenvalue weighted by Gasteiger charge is -2.10. The number of thioether (sulfide) groups is 1. The maximum Gasteiger partial charge on any atom is 0.326 e. The minimum atomic E-state index is -0.592. The topological polar surface area (TPSA) is 63.7 Å². The van der Waals surface area contributed by atoms with Gasteiger partial charge < -0.3 is 4.74 Å². The van der Waals surface area contributed by atoms with E-state index >= 15 is 0 Å². The summed E-state index contributed by atoms with van der Waals surface area (Å²) in [6.45, 7) is 1.53. The Balaban J connectivity index is 2.03. The van der Waals surface area contributed by atoms with Gasteiger partial charge in [0, 0.05) is 0 Å². The van der Waals surface area contributed by atoms with Gasteiger partial charge in [-0.25, -0.2) is 0 Å². The molecule has 22 heavy (non-hydrogen) atoms. The number of carbonyl (C=O) groups is 3. The Morgan fingerprint density at radius 2 is 2.00 bits per heavy atom. The van der Waals surface area contributed by atoms with Crippen LogP contribution in [-0.4, -0.2) is 35.2 Å². The molecule has 0 spiro atoms. The number of carbonyl (C=O) groups excluding carboxylic acids is 3. The molecule has 0 bridgehead atoms. The Morgan fingerprint density at radius 3 is 2.68 bits per heavy atom. The van der Waals surface area contributed by atoms with Gasteiger partial charge in [-0.3, -0.25) is 19.3 Å². The summed E-state index contributed by atoms with van der Waals surface area (Å²) in [4.78, 5) is 36.4. The van der Waals surface area contributed by atoms with Crippen LogP contribution in [0.15, 0.2) is 47.4 Å². The van der Waals surface area contributed by atoms with Crippen LogP contribution in [0.5, 0.6) is 0 Å². The van der Waals surface area contributed by atoms with Crippen molar-refractivity contribution in [3.63, 3.8) is 0 Å². The summed E-state index contributed by atoms with van der Waals surface area (Å²) in [5.74, 6) is -1.06. The molecule has 0 saturated carbocycles. The second-order valence-corrected chi connectivity index (χ2v) is 5.36. The van der Waals surface area contributed by atoms with Gasteiger partial charge in [0.25, 0.3) is 11.1 Å². The first kappa shape index (κ1) is 16.0. The summed E-state index contributed by atoms with van der Waals surface area (Å²) in [5.41, 5.74) is 0.990. The molecule has 5 nitrogen and oxygen atoms in total. The van der Waals surface area contributed by atoms with Crippen LogP contribution in [0.4, 0.5) is 4.79 Å². The van der Waals surface area contributed by atoms with E-state index in [0.29, 0.717) is 4.91 Å². The Bertz CT molecular complexity index is 637. The summed E-state index contributed by atoms with van der Waals surface area (Å²) in [6, 6.07) is 9.59. The van der Waals surface area contributed by atoms with E-state index in [2.05, 4.69) is 0 Å². The van der Waals surface area contributed by atoms with E-state index in [0.717, 1.165) is 22.2 Å². The van der Waals surface area contributed by atoms with E-state index < -0.39 is 17.1 Å². The van der Waals surface area contributed by atoms with Crippen LogP contribution in [-0.2, 0) is 14.3 Å². The molecular weight excluding hydrogens is 302 g/mol. The summed E-state index contributed by atoms with van der Waals surface area (Å²) < 4.78 is 4.75. The summed E-state index contributed by atoms with van der Waals surface area (Å²) >= 11 is 0.817. The first-order valence-corrected chi connectivity index (χ1v) is 7.56. The third kappa shape index (κ3) is 4.08. The Hall–Kier alpha value is -2.34. The van der Waals surface area contributed by atoms with Gasteiger partial charge in [-0.1, -0.05) is 42.5 Å². The molecule has 1 aliphatic rings. The molecule has 1 heterocycles. The molecule has 0 N–H and O–H groups in total. The van der Waals surface area contributed by atoms with Crippen LogP contribution in [0.1, 0.15) is 12.5 Å². The van der Waals surface area contributed by atoms with E-state index in [4.69, 9.17) is 4.74 Å². The van der Waals surface area contributed by atoms with Crippen molar-refractivity contribution in [2.24, 2.45) is 0 Å². The molecule has 6 heteroatoms. The van der Waals surface area contributed by atoms with Gasteiger partial charge >= 0.3 is 5.97 Å². The maximum absolute atomic E-state index is 12.1. The number of imide groups is 1. The van der Waals surface area contributed by atoms with Crippen LogP contribution in [0.2, 0.25) is 0 Å². The van der Waals surface area contributed by atoms with Crippen molar-refractivity contribution in [3.8, 4) is 0 Å². The molecule has 1 saturated heterocycles. The third-order valence-electron chi connectivity index (χ3n) is 2.80. The SMILES string of the molecule is CCOC(=O)CN1C(=O)S/C(=C/C=C\c2ccccc2)C1=O. The average molecular weight is 317 g/mol. The summed E-state index contributed by atoms with van der Waals surface area (Å²) in [6.07, 6.45) is 5.11. The molecule has 1 aromatic rings. The van der Waals surface area contributed by atoms with Crippen LogP contribution in [0.25, 0.3) is 6.08 Å². The van der Waals surface area contributed by atoms with Crippen LogP contribution < -0.4 is 0 Å². The lowest BCUT2D eigenvalue weighted by Crippen LogP contribution is -2.34. The van der Waals surface area contributed by atoms with Crippen LogP contribution >= 0.6 is 11.8 Å². The molecule has 0 aromatic heterocycles. The molecule has 0 unspecified atom stereocenters. The number of benzene rings is 1. The lowest BCUT2D eigenvalue weighted by atomic mass is 10.2. The van der Waals surface area contributed by atoms with E-state index in [1.165, 1.54) is 0 Å². The Kier molecular flexibility index (Phi) is 5.55. The van der Waals surface area contributed by atoms with Crippen molar-refractivity contribution in [2.45, 2.75) is 6.92 Å². The normalized spacial score (nSPS) is 16.8. The highest BCUT2D eigenvalue weighted by molar-refractivity contribution is 8.18. The zero-order valence-electron chi connectivity index (χ0n) is 12.0. The van der Waals surface area contributed by atoms with Crippen LogP contribution in [0.3, 0.4) is 0 Å². The largest absolute Gasteiger partial charge is 0.465 e. The summed E-state index contributed by atoms with van der Waals surface area (Å²) in [5, 5.41) is -0.461. The second-order valence-electron chi connectivity index (χ2n) is 4.37. The fourth-order valence-electron chi connectivity index (χ4n) is 1.80. The van der Waals surface area contributed by atoms with Gasteiger partial charge in [0.2, 0.25) is 0 Å². The molecular formula is C16H15NO4S. The predicted molar refractivity (Wildman–Crippen MR) is 84.9 cm³/mol. The van der Waals surface area contributed by atoms with Gasteiger partial charge in [0.1, 0.15) is 6.54 Å². The molecule has 0 atom stereocenters. The third-order valence-corrected chi connectivity index (χ3v) is 3.73. The van der Waals surface area contributed by atoms with Crippen molar-refractivity contribution in [3.05, 3.63) is 53.0 Å². The minimum Gasteiger partial charge on any atom is -0.465 e. The van der Waals surface area contributed by atoms with Gasteiger partial charge in [-0.2, -0.15) is 0 Å². The average Bonchev–Trinajstić information content (AvgIpc) is 2.76. The molecule has 1 aliphatic heterocycles. The number of amides is 2. The summed E-state index contributed by atoms with van der Waals surface area (Å²) in [7, 11) is 0. The first-order chi connectivity index (χ1) is 10.6. The Labute approximate surface area is 132 Å². The number of ether oxygens (including phenoxy) is 1. The van der Waals surface area contributed by atoms with E-state index in [9.17, 15) is 14.4 Å². The van der Waals surface area contributed by atoms with Gasteiger partial charge in [0.05, 0.1) is 11.5 Å². The highest BCUT2D eigenvalue weighted by Crippen LogP contribution is 2.30. The standard InChI is InChI=1S/C16H15NO4S/c1-2-21-14(18)11-17-15(19)13(22-16(17)20)10-6-9-12-7-4-3-5-8-12/h3-10H,2,11H2,1H3/b9-6-,13-10+. The molecule has 1 aromatic carbocycles.